The third-order valence-electron chi connectivity index (χ3n) is 10.8. The van der Waals surface area contributed by atoms with E-state index in [1.807, 2.05) is 158 Å². The maximum Gasteiger partial charge on any atom is 0.150 e. The summed E-state index contributed by atoms with van der Waals surface area (Å²) in [5.41, 5.74) is 7.30. The summed E-state index contributed by atoms with van der Waals surface area (Å²) in [4.78, 5) is 0. The Morgan fingerprint density at radius 2 is 0.552 bits per heavy atom. The molecular formula is C52H32F4N2. The Morgan fingerprint density at radius 3 is 0.845 bits per heavy atom. The fourth-order valence-corrected chi connectivity index (χ4v) is 8.08. The van der Waals surface area contributed by atoms with Crippen LogP contribution in [0.5, 0.6) is 0 Å². The second-order valence-electron chi connectivity index (χ2n) is 14.3. The van der Waals surface area contributed by atoms with Crippen LogP contribution in [-0.4, -0.2) is 9.13 Å². The molecule has 6 heteroatoms. The predicted molar refractivity (Wildman–Crippen MR) is 231 cm³/mol. The minimum Gasteiger partial charge on any atom is -0.304 e. The van der Waals surface area contributed by atoms with Crippen LogP contribution in [0.2, 0.25) is 0 Å². The smallest absolute Gasteiger partial charge is 0.150 e. The van der Waals surface area contributed by atoms with Crippen molar-refractivity contribution in [3.8, 4) is 22.5 Å². The topological polar surface area (TPSA) is 9.86 Å². The van der Waals surface area contributed by atoms with Crippen molar-refractivity contribution in [2.75, 3.05) is 0 Å². The molecule has 0 bridgehead atoms. The van der Waals surface area contributed by atoms with Crippen LogP contribution in [0, 0.1) is 23.3 Å². The van der Waals surface area contributed by atoms with Gasteiger partial charge in [-0.1, -0.05) is 146 Å². The van der Waals surface area contributed by atoms with Crippen LogP contribution in [0.4, 0.5) is 17.6 Å². The highest BCUT2D eigenvalue weighted by Gasteiger charge is 2.20. The maximum absolute atomic E-state index is 15.7. The number of halogens is 4. The molecule has 0 aliphatic carbocycles. The van der Waals surface area contributed by atoms with Crippen LogP contribution in [0.25, 0.3) is 90.4 Å². The van der Waals surface area contributed by atoms with Crippen LogP contribution in [0.15, 0.2) is 170 Å². The van der Waals surface area contributed by atoms with Crippen LogP contribution in [0.3, 0.4) is 0 Å². The van der Waals surface area contributed by atoms with E-state index in [1.165, 1.54) is 24.3 Å². The van der Waals surface area contributed by atoms with Crippen molar-refractivity contribution in [2.24, 2.45) is 0 Å². The summed E-state index contributed by atoms with van der Waals surface area (Å²) >= 11 is 0. The van der Waals surface area contributed by atoms with Crippen LogP contribution in [-0.2, 0) is 0 Å². The molecule has 0 atom stereocenters. The molecule has 8 aromatic carbocycles. The minimum absolute atomic E-state index is 0.103. The van der Waals surface area contributed by atoms with Crippen molar-refractivity contribution in [1.29, 1.82) is 0 Å². The summed E-state index contributed by atoms with van der Waals surface area (Å²) in [6.45, 7) is 0. The van der Waals surface area contributed by atoms with Gasteiger partial charge in [0.1, 0.15) is 11.4 Å². The Labute approximate surface area is 331 Å². The standard InChI is InChI=1S/C52H32F4N2/c53-43-29-35(30-44(54)51(43)57-47-13-5-1-9-39(47)40-10-2-6-14-48(40)57)19-17-33-21-25-37(26-22-33)38-27-23-34(24-28-38)18-20-36-31-45(55)52(46(56)32-36)58-49-15-7-3-11-41(49)42-12-4-8-16-50(42)58/h1-32H. The first kappa shape index (κ1) is 35.0. The number of hydrogen-bond donors (Lipinski definition) is 0. The fraction of sp³-hybridized carbons (Fsp3) is 0. The van der Waals surface area contributed by atoms with Crippen molar-refractivity contribution in [3.05, 3.63) is 215 Å². The van der Waals surface area contributed by atoms with Gasteiger partial charge < -0.3 is 9.13 Å². The molecule has 10 rings (SSSR count). The summed E-state index contributed by atoms with van der Waals surface area (Å²) in [6.07, 6.45) is 7.06. The monoisotopic (exact) mass is 760 g/mol. The molecule has 10 aromatic rings. The highest BCUT2D eigenvalue weighted by Crippen LogP contribution is 2.36. The van der Waals surface area contributed by atoms with Gasteiger partial charge in [-0.2, -0.15) is 0 Å². The second-order valence-corrected chi connectivity index (χ2v) is 14.3. The Morgan fingerprint density at radius 1 is 0.293 bits per heavy atom. The SMILES string of the molecule is Fc1cc(C=Cc2ccc(-c3ccc(C=Cc4cc(F)c(-n5c6ccccc6c6ccccc65)c(F)c4)cc3)cc2)cc(F)c1-n1c2ccccc2c2ccccc21. The van der Waals surface area contributed by atoms with Gasteiger partial charge in [0.2, 0.25) is 0 Å². The number of hydrogen-bond acceptors (Lipinski definition) is 0. The Kier molecular flexibility index (Phi) is 8.60. The Balaban J connectivity index is 0.848. The molecule has 0 unspecified atom stereocenters. The number of para-hydroxylation sites is 4. The molecule has 0 saturated carbocycles. The van der Waals surface area contributed by atoms with Gasteiger partial charge in [0.25, 0.3) is 0 Å². The van der Waals surface area contributed by atoms with E-state index in [-0.39, 0.29) is 11.4 Å². The Hall–Kier alpha value is -7.44. The summed E-state index contributed by atoms with van der Waals surface area (Å²) in [6, 6.07) is 51.7. The molecule has 0 saturated heterocycles. The van der Waals surface area contributed by atoms with Gasteiger partial charge in [0, 0.05) is 21.5 Å². The van der Waals surface area contributed by atoms with Crippen molar-refractivity contribution in [1.82, 2.24) is 9.13 Å². The van der Waals surface area contributed by atoms with E-state index in [4.69, 9.17) is 0 Å². The van der Waals surface area contributed by atoms with E-state index in [1.54, 1.807) is 21.3 Å². The van der Waals surface area contributed by atoms with E-state index in [2.05, 4.69) is 0 Å². The lowest BCUT2D eigenvalue weighted by Crippen LogP contribution is -2.02. The number of aromatic nitrogens is 2. The zero-order valence-electron chi connectivity index (χ0n) is 30.9. The predicted octanol–water partition coefficient (Wildman–Crippen LogP) is 14.4. The van der Waals surface area contributed by atoms with E-state index in [0.29, 0.717) is 11.1 Å². The van der Waals surface area contributed by atoms with Crippen LogP contribution in [0.1, 0.15) is 22.3 Å². The molecule has 2 heterocycles. The van der Waals surface area contributed by atoms with Gasteiger partial charge in [-0.3, -0.25) is 0 Å². The number of benzene rings is 8. The number of rotatable bonds is 7. The largest absolute Gasteiger partial charge is 0.304 e. The summed E-state index contributed by atoms with van der Waals surface area (Å²) in [5, 5.41) is 3.73. The lowest BCUT2D eigenvalue weighted by molar-refractivity contribution is 0.572. The van der Waals surface area contributed by atoms with Crippen molar-refractivity contribution in [3.63, 3.8) is 0 Å². The molecule has 0 spiro atoms. The maximum atomic E-state index is 15.7. The van der Waals surface area contributed by atoms with Crippen LogP contribution >= 0.6 is 0 Å². The van der Waals surface area contributed by atoms with E-state index < -0.39 is 23.3 Å². The first-order valence-electron chi connectivity index (χ1n) is 18.9. The zero-order chi connectivity index (χ0) is 39.3. The van der Waals surface area contributed by atoms with E-state index in [0.717, 1.165) is 65.9 Å². The molecule has 0 fully saturated rings. The van der Waals surface area contributed by atoms with Crippen molar-refractivity contribution >= 4 is 67.9 Å². The quantitative estimate of drug-likeness (QED) is 0.113. The molecule has 0 amide bonds. The van der Waals surface area contributed by atoms with Gasteiger partial charge >= 0.3 is 0 Å². The Bertz CT molecular complexity index is 2890. The molecule has 278 valence electrons. The number of fused-ring (bicyclic) bond motifs is 6. The molecule has 58 heavy (non-hydrogen) atoms. The number of nitrogens with zero attached hydrogens (tertiary/aromatic N) is 2. The molecule has 0 aliphatic rings. The first-order chi connectivity index (χ1) is 28.4. The van der Waals surface area contributed by atoms with Crippen molar-refractivity contribution in [2.45, 2.75) is 0 Å². The highest BCUT2D eigenvalue weighted by molar-refractivity contribution is 6.10. The second kappa shape index (κ2) is 14.3. The highest BCUT2D eigenvalue weighted by atomic mass is 19.1. The first-order valence-corrected chi connectivity index (χ1v) is 18.9. The third kappa shape index (κ3) is 6.07. The van der Waals surface area contributed by atoms with Gasteiger partial charge in [0.05, 0.1) is 22.1 Å². The average Bonchev–Trinajstić information content (AvgIpc) is 3.75. The van der Waals surface area contributed by atoms with E-state index >= 15 is 17.6 Å². The van der Waals surface area contributed by atoms with Gasteiger partial charge in [-0.25, -0.2) is 17.6 Å². The molecule has 2 aromatic heterocycles. The van der Waals surface area contributed by atoms with Gasteiger partial charge in [0.15, 0.2) is 23.3 Å². The van der Waals surface area contributed by atoms with Gasteiger partial charge in [-0.15, -0.1) is 0 Å². The zero-order valence-corrected chi connectivity index (χ0v) is 30.9. The van der Waals surface area contributed by atoms with Crippen LogP contribution < -0.4 is 0 Å². The molecule has 2 nitrogen and oxygen atoms in total. The lowest BCUT2D eigenvalue weighted by atomic mass is 10.0. The third-order valence-corrected chi connectivity index (χ3v) is 10.8. The molecule has 0 aliphatic heterocycles. The van der Waals surface area contributed by atoms with Gasteiger partial charge in [-0.05, 0) is 81.9 Å². The fourth-order valence-electron chi connectivity index (χ4n) is 8.08. The summed E-state index contributed by atoms with van der Waals surface area (Å²) in [5.74, 6) is -2.58. The van der Waals surface area contributed by atoms with E-state index in [9.17, 15) is 0 Å². The molecule has 0 N–H and O–H groups in total. The average molecular weight is 761 g/mol. The lowest BCUT2D eigenvalue weighted by Gasteiger charge is -2.11. The normalized spacial score (nSPS) is 12.0. The van der Waals surface area contributed by atoms with Crippen molar-refractivity contribution < 1.29 is 17.6 Å². The molecular weight excluding hydrogens is 729 g/mol. The summed E-state index contributed by atoms with van der Waals surface area (Å²) in [7, 11) is 0. The minimum atomic E-state index is -0.646. The summed E-state index contributed by atoms with van der Waals surface area (Å²) < 4.78 is 66.1. The molecule has 0 radical (unpaired) electrons.